The summed E-state index contributed by atoms with van der Waals surface area (Å²) in [6.07, 6.45) is -0.475. The van der Waals surface area contributed by atoms with Crippen molar-refractivity contribution in [2.75, 3.05) is 63.3 Å². The van der Waals surface area contributed by atoms with E-state index in [0.29, 0.717) is 31.1 Å². The van der Waals surface area contributed by atoms with E-state index in [4.69, 9.17) is 9.47 Å². The lowest BCUT2D eigenvalue weighted by Gasteiger charge is -2.35. The van der Waals surface area contributed by atoms with E-state index >= 15 is 0 Å². The van der Waals surface area contributed by atoms with Gasteiger partial charge in [-0.05, 0) is 12.1 Å². The maximum absolute atomic E-state index is 12.6. The molecule has 0 spiro atoms. The molecule has 26 heavy (non-hydrogen) atoms. The molecule has 2 amide bonds. The molecular weight excluding hydrogens is 354 g/mol. The lowest BCUT2D eigenvalue weighted by Crippen LogP contribution is -2.53. The van der Waals surface area contributed by atoms with Gasteiger partial charge in [0, 0.05) is 49.4 Å². The maximum Gasteiger partial charge on any atom is 0.253 e. The Labute approximate surface area is 158 Å². The molecule has 8 heteroatoms. The lowest BCUT2D eigenvalue weighted by molar-refractivity contribution is -0.149. The highest BCUT2D eigenvalue weighted by atomic mass is 32.2. The van der Waals surface area contributed by atoms with Crippen LogP contribution in [0.5, 0.6) is 5.75 Å². The van der Waals surface area contributed by atoms with Gasteiger partial charge in [-0.2, -0.15) is 11.8 Å². The van der Waals surface area contributed by atoms with Gasteiger partial charge >= 0.3 is 0 Å². The van der Waals surface area contributed by atoms with Crippen molar-refractivity contribution in [3.05, 3.63) is 24.3 Å². The van der Waals surface area contributed by atoms with Crippen LogP contribution in [0.25, 0.3) is 0 Å². The fourth-order valence-corrected chi connectivity index (χ4v) is 3.99. The summed E-state index contributed by atoms with van der Waals surface area (Å²) >= 11 is 1.87. The normalized spacial score (nSPS) is 21.3. The molecule has 1 atom stereocenters. The van der Waals surface area contributed by atoms with Crippen LogP contribution in [0, 0.1) is 0 Å². The fraction of sp³-hybridized carbons (Fsp3) is 0.556. The van der Waals surface area contributed by atoms with Gasteiger partial charge in [-0.1, -0.05) is 6.07 Å². The van der Waals surface area contributed by atoms with Gasteiger partial charge in [0.15, 0.2) is 0 Å². The fourth-order valence-electron chi connectivity index (χ4n) is 3.09. The number of rotatable bonds is 5. The van der Waals surface area contributed by atoms with Gasteiger partial charge in [-0.15, -0.1) is 0 Å². The predicted octanol–water partition coefficient (Wildman–Crippen LogP) is 0.910. The van der Waals surface area contributed by atoms with Gasteiger partial charge in [0.2, 0.25) is 5.91 Å². The third-order valence-corrected chi connectivity index (χ3v) is 5.41. The number of amides is 2. The zero-order valence-electron chi connectivity index (χ0n) is 15.0. The smallest absolute Gasteiger partial charge is 0.253 e. The monoisotopic (exact) mass is 379 g/mol. The number of carbonyl (C=O) groups is 2. The second-order valence-corrected chi connectivity index (χ2v) is 7.54. The summed E-state index contributed by atoms with van der Waals surface area (Å²) in [5, 5.41) is 2.87. The first-order chi connectivity index (χ1) is 12.7. The number of benzene rings is 1. The molecule has 2 aliphatic heterocycles. The number of morpholine rings is 1. The predicted molar refractivity (Wildman–Crippen MR) is 102 cm³/mol. The van der Waals surface area contributed by atoms with Crippen LogP contribution < -0.4 is 10.1 Å². The standard InChI is InChI=1S/C18H25N3O4S/c1-24-15-4-2-3-14(11-15)19-17(22)13-20-5-8-25-16(12-20)18(23)21-6-9-26-10-7-21/h2-4,11,16H,5-10,12-13H2,1H3,(H,19,22). The zero-order valence-corrected chi connectivity index (χ0v) is 15.8. The summed E-state index contributed by atoms with van der Waals surface area (Å²) in [5.74, 6) is 2.58. The van der Waals surface area contributed by atoms with Gasteiger partial charge in [-0.3, -0.25) is 14.5 Å². The molecule has 0 bridgehead atoms. The minimum absolute atomic E-state index is 0.0446. The number of hydrogen-bond acceptors (Lipinski definition) is 6. The van der Waals surface area contributed by atoms with Crippen molar-refractivity contribution >= 4 is 29.3 Å². The van der Waals surface area contributed by atoms with Crippen LogP contribution in [0.1, 0.15) is 0 Å². The molecule has 0 saturated carbocycles. The van der Waals surface area contributed by atoms with Crippen LogP contribution in [-0.4, -0.2) is 85.7 Å². The lowest BCUT2D eigenvalue weighted by atomic mass is 10.2. The first-order valence-electron chi connectivity index (χ1n) is 8.80. The average molecular weight is 379 g/mol. The van der Waals surface area contributed by atoms with Crippen LogP contribution in [0.3, 0.4) is 0 Å². The Balaban J connectivity index is 1.50. The molecule has 142 valence electrons. The molecule has 2 aliphatic rings. The number of nitrogens with one attached hydrogen (secondary N) is 1. The van der Waals surface area contributed by atoms with E-state index in [1.807, 2.05) is 39.8 Å². The summed E-state index contributed by atoms with van der Waals surface area (Å²) in [5.41, 5.74) is 0.695. The summed E-state index contributed by atoms with van der Waals surface area (Å²) in [7, 11) is 1.59. The van der Waals surface area contributed by atoms with Crippen LogP contribution in [0.15, 0.2) is 24.3 Å². The molecule has 7 nitrogen and oxygen atoms in total. The van der Waals surface area contributed by atoms with Gasteiger partial charge in [0.05, 0.1) is 20.3 Å². The minimum Gasteiger partial charge on any atom is -0.497 e. The van der Waals surface area contributed by atoms with Gasteiger partial charge in [-0.25, -0.2) is 0 Å². The van der Waals surface area contributed by atoms with Crippen molar-refractivity contribution in [2.24, 2.45) is 0 Å². The van der Waals surface area contributed by atoms with E-state index in [9.17, 15) is 9.59 Å². The molecule has 1 unspecified atom stereocenters. The van der Waals surface area contributed by atoms with Crippen molar-refractivity contribution in [1.82, 2.24) is 9.80 Å². The zero-order chi connectivity index (χ0) is 18.4. The van der Waals surface area contributed by atoms with Crippen LogP contribution in [0.2, 0.25) is 0 Å². The number of nitrogens with zero attached hydrogens (tertiary/aromatic N) is 2. The molecular formula is C18H25N3O4S. The third kappa shape index (κ3) is 5.12. The van der Waals surface area contributed by atoms with Gasteiger partial charge < -0.3 is 19.7 Å². The van der Waals surface area contributed by atoms with Crippen LogP contribution >= 0.6 is 11.8 Å². The molecule has 1 aromatic carbocycles. The Morgan fingerprint density at radius 2 is 2.12 bits per heavy atom. The molecule has 1 N–H and O–H groups in total. The highest BCUT2D eigenvalue weighted by Crippen LogP contribution is 2.17. The summed E-state index contributed by atoms with van der Waals surface area (Å²) < 4.78 is 10.8. The Morgan fingerprint density at radius 3 is 2.88 bits per heavy atom. The second-order valence-electron chi connectivity index (χ2n) is 6.31. The molecule has 1 aromatic rings. The molecule has 3 rings (SSSR count). The highest BCUT2D eigenvalue weighted by Gasteiger charge is 2.31. The second kappa shape index (κ2) is 9.25. The van der Waals surface area contributed by atoms with E-state index in [-0.39, 0.29) is 18.4 Å². The largest absolute Gasteiger partial charge is 0.497 e. The SMILES string of the molecule is COc1cccc(NC(=O)CN2CCOC(C(=O)N3CCSCC3)C2)c1. The van der Waals surface area contributed by atoms with E-state index in [2.05, 4.69) is 5.32 Å². The first kappa shape index (κ1) is 19.0. The molecule has 0 radical (unpaired) electrons. The Bertz CT molecular complexity index is 637. The number of hydrogen-bond donors (Lipinski definition) is 1. The van der Waals surface area contributed by atoms with Crippen molar-refractivity contribution in [3.63, 3.8) is 0 Å². The van der Waals surface area contributed by atoms with Crippen molar-refractivity contribution < 1.29 is 19.1 Å². The summed E-state index contributed by atoms with van der Waals surface area (Å²) in [4.78, 5) is 28.8. The number of thioether (sulfide) groups is 1. The molecule has 2 saturated heterocycles. The maximum atomic E-state index is 12.6. The number of anilines is 1. The van der Waals surface area contributed by atoms with Crippen LogP contribution in [0.4, 0.5) is 5.69 Å². The number of ether oxygens (including phenoxy) is 2. The Morgan fingerprint density at radius 1 is 1.31 bits per heavy atom. The molecule has 0 aromatic heterocycles. The van der Waals surface area contributed by atoms with E-state index in [1.54, 1.807) is 13.2 Å². The number of methoxy groups -OCH3 is 1. The van der Waals surface area contributed by atoms with Crippen molar-refractivity contribution in [1.29, 1.82) is 0 Å². The first-order valence-corrected chi connectivity index (χ1v) is 9.95. The average Bonchev–Trinajstić information content (AvgIpc) is 2.68. The number of carbonyl (C=O) groups excluding carboxylic acids is 2. The molecule has 2 heterocycles. The van der Waals surface area contributed by atoms with Crippen molar-refractivity contribution in [3.8, 4) is 5.75 Å². The minimum atomic E-state index is -0.475. The summed E-state index contributed by atoms with van der Waals surface area (Å²) in [6.45, 7) is 3.35. The van der Waals surface area contributed by atoms with Crippen LogP contribution in [-0.2, 0) is 14.3 Å². The Kier molecular flexibility index (Phi) is 6.76. The Hall–Kier alpha value is -1.77. The topological polar surface area (TPSA) is 71.1 Å². The van der Waals surface area contributed by atoms with Crippen molar-refractivity contribution in [2.45, 2.75) is 6.10 Å². The van der Waals surface area contributed by atoms with E-state index < -0.39 is 6.10 Å². The third-order valence-electron chi connectivity index (χ3n) is 4.47. The summed E-state index contributed by atoms with van der Waals surface area (Å²) in [6, 6.07) is 7.25. The van der Waals surface area contributed by atoms with Gasteiger partial charge in [0.1, 0.15) is 11.9 Å². The van der Waals surface area contributed by atoms with E-state index in [0.717, 1.165) is 24.6 Å². The van der Waals surface area contributed by atoms with Gasteiger partial charge in [0.25, 0.3) is 5.91 Å². The quantitative estimate of drug-likeness (QED) is 0.820. The molecule has 2 fully saturated rings. The highest BCUT2D eigenvalue weighted by molar-refractivity contribution is 7.99. The molecule has 0 aliphatic carbocycles. The van der Waals surface area contributed by atoms with E-state index in [1.165, 1.54) is 0 Å².